The Bertz CT molecular complexity index is 1060. The van der Waals surface area contributed by atoms with Crippen molar-refractivity contribution in [1.82, 2.24) is 10.4 Å². The standard InChI is InChI=1S/C24H21ClN2O4/c1-30-17-12-10-16(11-13-17)14-27(23(25)28)26-24(29)31-15-22-20-8-4-2-6-18(20)19-7-3-5-9-21(19)22/h2-13,22H,14-15H2,1H3,(H,26,29). The molecule has 7 heteroatoms. The van der Waals surface area contributed by atoms with Crippen molar-refractivity contribution in [2.45, 2.75) is 12.5 Å². The summed E-state index contributed by atoms with van der Waals surface area (Å²) < 4.78 is 10.6. The molecule has 1 N–H and O–H groups in total. The van der Waals surface area contributed by atoms with E-state index in [1.807, 2.05) is 36.4 Å². The molecule has 0 aromatic heterocycles. The number of nitrogens with one attached hydrogen (secondary N) is 1. The normalized spacial score (nSPS) is 11.9. The maximum Gasteiger partial charge on any atom is 0.426 e. The molecule has 0 heterocycles. The van der Waals surface area contributed by atoms with Crippen molar-refractivity contribution >= 4 is 23.1 Å². The molecular weight excluding hydrogens is 416 g/mol. The molecule has 0 aliphatic heterocycles. The quantitative estimate of drug-likeness (QED) is 0.334. The fourth-order valence-electron chi connectivity index (χ4n) is 3.80. The highest BCUT2D eigenvalue weighted by atomic mass is 35.5. The van der Waals surface area contributed by atoms with Crippen LogP contribution in [0.25, 0.3) is 11.1 Å². The van der Waals surface area contributed by atoms with Gasteiger partial charge in [-0.3, -0.25) is 4.79 Å². The summed E-state index contributed by atoms with van der Waals surface area (Å²) in [5.41, 5.74) is 7.70. The van der Waals surface area contributed by atoms with Gasteiger partial charge in [-0.25, -0.2) is 15.2 Å². The number of amides is 2. The van der Waals surface area contributed by atoms with Crippen LogP contribution < -0.4 is 10.2 Å². The molecule has 0 unspecified atom stereocenters. The molecule has 0 saturated heterocycles. The topological polar surface area (TPSA) is 67.9 Å². The van der Waals surface area contributed by atoms with Crippen LogP contribution in [0.3, 0.4) is 0 Å². The first-order valence-electron chi connectivity index (χ1n) is 9.78. The maximum absolute atomic E-state index is 12.4. The molecule has 6 nitrogen and oxygen atoms in total. The molecule has 0 radical (unpaired) electrons. The van der Waals surface area contributed by atoms with E-state index in [-0.39, 0.29) is 19.1 Å². The highest BCUT2D eigenvalue weighted by molar-refractivity contribution is 6.62. The summed E-state index contributed by atoms with van der Waals surface area (Å²) in [6, 6.07) is 23.2. The van der Waals surface area contributed by atoms with Gasteiger partial charge in [-0.15, -0.1) is 0 Å². The van der Waals surface area contributed by atoms with E-state index in [1.54, 1.807) is 31.4 Å². The Balaban J connectivity index is 1.41. The number of hydrogen-bond donors (Lipinski definition) is 1. The van der Waals surface area contributed by atoms with Crippen LogP contribution >= 0.6 is 11.6 Å². The highest BCUT2D eigenvalue weighted by Crippen LogP contribution is 2.44. The van der Waals surface area contributed by atoms with Gasteiger partial charge in [-0.2, -0.15) is 0 Å². The molecule has 1 aliphatic rings. The van der Waals surface area contributed by atoms with E-state index in [1.165, 1.54) is 0 Å². The Morgan fingerprint density at radius 1 is 0.935 bits per heavy atom. The average Bonchev–Trinajstić information content (AvgIpc) is 3.11. The van der Waals surface area contributed by atoms with E-state index < -0.39 is 11.5 Å². The Morgan fingerprint density at radius 2 is 1.52 bits per heavy atom. The fourth-order valence-corrected chi connectivity index (χ4v) is 3.90. The maximum atomic E-state index is 12.4. The predicted octanol–water partition coefficient (Wildman–Crippen LogP) is 5.31. The third-order valence-corrected chi connectivity index (χ3v) is 5.49. The van der Waals surface area contributed by atoms with Crippen molar-refractivity contribution in [2.24, 2.45) is 0 Å². The summed E-state index contributed by atoms with van der Waals surface area (Å²) in [5, 5.41) is 0.187. The first-order valence-corrected chi connectivity index (χ1v) is 10.2. The molecule has 2 amide bonds. The molecule has 0 atom stereocenters. The van der Waals surface area contributed by atoms with Gasteiger partial charge in [0, 0.05) is 5.92 Å². The number of carbonyl (C=O) groups is 2. The second kappa shape index (κ2) is 9.10. The third kappa shape index (κ3) is 4.49. The number of rotatable bonds is 5. The zero-order valence-corrected chi connectivity index (χ0v) is 17.6. The van der Waals surface area contributed by atoms with Crippen LogP contribution in [0, 0.1) is 0 Å². The predicted molar refractivity (Wildman–Crippen MR) is 118 cm³/mol. The van der Waals surface area contributed by atoms with Crippen LogP contribution in [-0.4, -0.2) is 30.2 Å². The van der Waals surface area contributed by atoms with Crippen LogP contribution in [0.4, 0.5) is 9.59 Å². The summed E-state index contributed by atoms with van der Waals surface area (Å²) in [7, 11) is 1.57. The second-order valence-corrected chi connectivity index (χ2v) is 7.45. The lowest BCUT2D eigenvalue weighted by Crippen LogP contribution is -2.43. The minimum atomic E-state index is -0.815. The molecule has 4 rings (SSSR count). The highest BCUT2D eigenvalue weighted by Gasteiger charge is 2.29. The molecule has 0 bridgehead atoms. The number of ether oxygens (including phenoxy) is 2. The van der Waals surface area contributed by atoms with E-state index in [2.05, 4.69) is 17.6 Å². The molecule has 1 aliphatic carbocycles. The van der Waals surface area contributed by atoms with E-state index in [0.717, 1.165) is 32.8 Å². The number of carbonyl (C=O) groups excluding carboxylic acids is 2. The molecule has 31 heavy (non-hydrogen) atoms. The van der Waals surface area contributed by atoms with E-state index >= 15 is 0 Å². The second-order valence-electron chi connectivity index (χ2n) is 7.12. The van der Waals surface area contributed by atoms with E-state index in [9.17, 15) is 9.59 Å². The van der Waals surface area contributed by atoms with Gasteiger partial charge in [0.25, 0.3) is 0 Å². The Kier molecular flexibility index (Phi) is 6.09. The van der Waals surface area contributed by atoms with Gasteiger partial charge >= 0.3 is 11.5 Å². The smallest absolute Gasteiger partial charge is 0.426 e. The van der Waals surface area contributed by atoms with Gasteiger partial charge in [0.2, 0.25) is 0 Å². The van der Waals surface area contributed by atoms with Crippen LogP contribution in [0.1, 0.15) is 22.6 Å². The van der Waals surface area contributed by atoms with Crippen molar-refractivity contribution < 1.29 is 19.1 Å². The summed E-state index contributed by atoms with van der Waals surface area (Å²) in [4.78, 5) is 24.2. The zero-order chi connectivity index (χ0) is 21.8. The number of hydrazine groups is 1. The molecule has 3 aromatic rings. The molecule has 0 saturated carbocycles. The van der Waals surface area contributed by atoms with Gasteiger partial charge in [-0.05, 0) is 51.6 Å². The van der Waals surface area contributed by atoms with E-state index in [4.69, 9.17) is 21.1 Å². The zero-order valence-electron chi connectivity index (χ0n) is 16.9. The fraction of sp³-hybridized carbons (Fsp3) is 0.167. The van der Waals surface area contributed by atoms with Gasteiger partial charge in [0.1, 0.15) is 12.4 Å². The molecule has 3 aromatic carbocycles. The van der Waals surface area contributed by atoms with Crippen molar-refractivity contribution in [3.63, 3.8) is 0 Å². The van der Waals surface area contributed by atoms with Crippen LogP contribution in [-0.2, 0) is 11.3 Å². The first kappa shape index (κ1) is 20.8. The molecule has 158 valence electrons. The number of halogens is 1. The summed E-state index contributed by atoms with van der Waals surface area (Å²) in [6.07, 6.45) is -0.746. The van der Waals surface area contributed by atoms with Gasteiger partial charge < -0.3 is 9.47 Å². The molecule has 0 spiro atoms. The minimum Gasteiger partial charge on any atom is -0.497 e. The van der Waals surface area contributed by atoms with Crippen molar-refractivity contribution in [2.75, 3.05) is 13.7 Å². The molecule has 0 fully saturated rings. The lowest BCUT2D eigenvalue weighted by atomic mass is 9.98. The Morgan fingerprint density at radius 3 is 2.06 bits per heavy atom. The minimum absolute atomic E-state index is 0.0695. The van der Waals surface area contributed by atoms with Crippen molar-refractivity contribution in [3.8, 4) is 16.9 Å². The van der Waals surface area contributed by atoms with E-state index in [0.29, 0.717) is 5.75 Å². The summed E-state index contributed by atoms with van der Waals surface area (Å²) in [5.74, 6) is 0.622. The lowest BCUT2D eigenvalue weighted by Gasteiger charge is -2.21. The van der Waals surface area contributed by atoms with Gasteiger partial charge in [0.15, 0.2) is 0 Å². The number of methoxy groups -OCH3 is 1. The number of fused-ring (bicyclic) bond motifs is 3. The van der Waals surface area contributed by atoms with Crippen molar-refractivity contribution in [1.29, 1.82) is 0 Å². The van der Waals surface area contributed by atoms with Gasteiger partial charge in [0.05, 0.1) is 13.7 Å². The van der Waals surface area contributed by atoms with Crippen LogP contribution in [0.2, 0.25) is 0 Å². The number of nitrogens with zero attached hydrogens (tertiary/aromatic N) is 1. The average molecular weight is 437 g/mol. The monoisotopic (exact) mass is 436 g/mol. The summed E-state index contributed by atoms with van der Waals surface area (Å²) in [6.45, 7) is 0.239. The van der Waals surface area contributed by atoms with Crippen LogP contribution in [0.15, 0.2) is 72.8 Å². The van der Waals surface area contributed by atoms with Crippen molar-refractivity contribution in [3.05, 3.63) is 89.5 Å². The SMILES string of the molecule is COc1ccc(CN(NC(=O)OCC2c3ccccc3-c3ccccc32)C(=O)Cl)cc1. The van der Waals surface area contributed by atoms with Gasteiger partial charge in [-0.1, -0.05) is 60.7 Å². The summed E-state index contributed by atoms with van der Waals surface area (Å²) >= 11 is 5.65. The molecular formula is C24H21ClN2O4. The third-order valence-electron chi connectivity index (χ3n) is 5.28. The Hall–Kier alpha value is -3.51. The largest absolute Gasteiger partial charge is 0.497 e. The first-order chi connectivity index (χ1) is 15.1. The van der Waals surface area contributed by atoms with Crippen LogP contribution in [0.5, 0.6) is 5.75 Å². The Labute approximate surface area is 185 Å². The number of benzene rings is 3. The lowest BCUT2D eigenvalue weighted by molar-refractivity contribution is 0.113. The number of hydrogen-bond acceptors (Lipinski definition) is 4.